The molecule has 3 aromatic rings. The first-order valence-electron chi connectivity index (χ1n) is 11.7. The molecule has 5 unspecified atom stereocenters. The van der Waals surface area contributed by atoms with Crippen molar-refractivity contribution >= 4 is 17.2 Å². The second-order valence-electron chi connectivity index (χ2n) is 9.55. The van der Waals surface area contributed by atoms with E-state index in [4.69, 9.17) is 17.0 Å². The van der Waals surface area contributed by atoms with Crippen LogP contribution in [-0.4, -0.2) is 20.9 Å². The van der Waals surface area contributed by atoms with E-state index in [1.807, 2.05) is 18.2 Å². The smallest absolute Gasteiger partial charge is 0.200 e. The van der Waals surface area contributed by atoms with E-state index in [0.29, 0.717) is 5.75 Å². The number of hydrogen-bond acceptors (Lipinski definition) is 4. The lowest BCUT2D eigenvalue weighted by molar-refractivity contribution is -0.118. The molecule has 0 bridgehead atoms. The van der Waals surface area contributed by atoms with Crippen LogP contribution in [0, 0.1) is 11.8 Å². The van der Waals surface area contributed by atoms with Gasteiger partial charge in [0.2, 0.25) is 5.75 Å². The van der Waals surface area contributed by atoms with Gasteiger partial charge in [0.1, 0.15) is 0 Å². The molecule has 2 aliphatic heterocycles. The van der Waals surface area contributed by atoms with E-state index < -0.39 is 5.72 Å². The summed E-state index contributed by atoms with van der Waals surface area (Å²) in [6, 6.07) is 24.5. The van der Waals surface area contributed by atoms with Crippen molar-refractivity contribution in [1.82, 2.24) is 5.32 Å². The Morgan fingerprint density at radius 1 is 0.848 bits per heavy atom. The fourth-order valence-electron chi connectivity index (χ4n) is 6.59. The van der Waals surface area contributed by atoms with Gasteiger partial charge in [-0.3, -0.25) is 0 Å². The van der Waals surface area contributed by atoms with Gasteiger partial charge in [-0.25, -0.2) is 0 Å². The van der Waals surface area contributed by atoms with Gasteiger partial charge in [0.05, 0.1) is 4.99 Å². The zero-order valence-corrected chi connectivity index (χ0v) is 19.1. The van der Waals surface area contributed by atoms with E-state index in [1.54, 1.807) is 6.07 Å². The van der Waals surface area contributed by atoms with Gasteiger partial charge in [-0.15, -0.1) is 0 Å². The van der Waals surface area contributed by atoms with Gasteiger partial charge in [-0.2, -0.15) is 0 Å². The van der Waals surface area contributed by atoms with Crippen LogP contribution < -0.4 is 10.1 Å². The number of rotatable bonds is 2. The minimum Gasteiger partial charge on any atom is -0.504 e. The number of fused-ring (bicyclic) bond motifs is 1. The van der Waals surface area contributed by atoms with Gasteiger partial charge in [-0.1, -0.05) is 85.4 Å². The molecule has 5 heteroatoms. The number of benzene rings is 3. The fraction of sp³-hybridized carbons (Fsp3) is 0.321. The van der Waals surface area contributed by atoms with Crippen LogP contribution in [0.25, 0.3) is 0 Å². The Balaban J connectivity index is 1.57. The Morgan fingerprint density at radius 2 is 1.52 bits per heavy atom. The third-order valence-electron chi connectivity index (χ3n) is 7.89. The van der Waals surface area contributed by atoms with Crippen LogP contribution in [0.1, 0.15) is 54.2 Å². The molecule has 2 heterocycles. The number of phenols is 2. The van der Waals surface area contributed by atoms with Crippen LogP contribution in [0.15, 0.2) is 72.8 Å². The van der Waals surface area contributed by atoms with Gasteiger partial charge in [0.15, 0.2) is 17.2 Å². The van der Waals surface area contributed by atoms with E-state index in [2.05, 4.69) is 53.8 Å². The Bertz CT molecular complexity index is 1200. The maximum absolute atomic E-state index is 10.9. The molecular weight excluding hydrogens is 430 g/mol. The molecule has 0 amide bonds. The number of thiocarbonyl (C=S) groups is 1. The molecule has 4 nitrogen and oxygen atoms in total. The molecule has 6 rings (SSSR count). The number of ether oxygens (including phenoxy) is 1. The number of hydrogen-bond donors (Lipinski definition) is 3. The van der Waals surface area contributed by atoms with Crippen LogP contribution >= 0.6 is 12.2 Å². The third kappa shape index (κ3) is 3.13. The first-order chi connectivity index (χ1) is 16.1. The minimum absolute atomic E-state index is 0.0223. The molecule has 3 aromatic carbocycles. The average Bonchev–Trinajstić information content (AvgIpc) is 2.85. The van der Waals surface area contributed by atoms with Crippen molar-refractivity contribution in [2.45, 2.75) is 43.2 Å². The molecule has 1 saturated heterocycles. The summed E-state index contributed by atoms with van der Waals surface area (Å²) in [5.41, 5.74) is 2.64. The normalized spacial score (nSPS) is 30.2. The maximum atomic E-state index is 10.9. The Morgan fingerprint density at radius 3 is 2.24 bits per heavy atom. The lowest BCUT2D eigenvalue weighted by atomic mass is 9.58. The topological polar surface area (TPSA) is 61.7 Å². The van der Waals surface area contributed by atoms with Crippen molar-refractivity contribution in [3.63, 3.8) is 0 Å². The van der Waals surface area contributed by atoms with Crippen LogP contribution in [-0.2, 0) is 0 Å². The molecule has 0 aromatic heterocycles. The van der Waals surface area contributed by atoms with Crippen LogP contribution in [0.3, 0.4) is 0 Å². The van der Waals surface area contributed by atoms with Crippen LogP contribution in [0.5, 0.6) is 17.2 Å². The van der Waals surface area contributed by atoms with Gasteiger partial charge in [-0.05, 0) is 36.0 Å². The highest BCUT2D eigenvalue weighted by atomic mass is 32.1. The summed E-state index contributed by atoms with van der Waals surface area (Å²) in [7, 11) is 0. The number of aromatic hydroxyl groups is 2. The van der Waals surface area contributed by atoms with Gasteiger partial charge >= 0.3 is 0 Å². The SMILES string of the molecule is Oc1ccc2c(c1O)OC13NC(=S)CC(c4ccccc4)C1CCCC3C2c1ccccc1. The molecule has 1 spiro atoms. The summed E-state index contributed by atoms with van der Waals surface area (Å²) in [5, 5.41) is 24.9. The molecule has 5 atom stereocenters. The molecule has 1 saturated carbocycles. The molecule has 168 valence electrons. The van der Waals surface area contributed by atoms with Gasteiger partial charge in [0.25, 0.3) is 0 Å². The van der Waals surface area contributed by atoms with Crippen LogP contribution in [0.2, 0.25) is 0 Å². The maximum Gasteiger partial charge on any atom is 0.200 e. The predicted octanol–water partition coefficient (Wildman–Crippen LogP) is 5.84. The molecule has 3 N–H and O–H groups in total. The van der Waals surface area contributed by atoms with Gasteiger partial charge < -0.3 is 20.3 Å². The Kier molecular flexibility index (Phi) is 4.84. The van der Waals surface area contributed by atoms with E-state index in [0.717, 1.165) is 36.2 Å². The summed E-state index contributed by atoms with van der Waals surface area (Å²) in [4.78, 5) is 0.793. The summed E-state index contributed by atoms with van der Waals surface area (Å²) in [6.45, 7) is 0. The first kappa shape index (κ1) is 20.5. The molecule has 3 aliphatic rings. The Labute approximate surface area is 199 Å². The number of nitrogens with one attached hydrogen (secondary N) is 1. The van der Waals surface area contributed by atoms with Crippen molar-refractivity contribution in [1.29, 1.82) is 0 Å². The lowest BCUT2D eigenvalue weighted by Crippen LogP contribution is -2.70. The molecule has 1 aliphatic carbocycles. The number of piperidine rings is 1. The van der Waals surface area contributed by atoms with Crippen molar-refractivity contribution in [2.24, 2.45) is 11.8 Å². The monoisotopic (exact) mass is 457 g/mol. The van der Waals surface area contributed by atoms with Crippen molar-refractivity contribution in [3.05, 3.63) is 89.5 Å². The number of phenolic OH excluding ortho intramolecular Hbond substituents is 2. The fourth-order valence-corrected chi connectivity index (χ4v) is 6.92. The lowest BCUT2D eigenvalue weighted by Gasteiger charge is -2.59. The molecule has 2 fully saturated rings. The summed E-state index contributed by atoms with van der Waals surface area (Å²) >= 11 is 5.82. The molecular formula is C28H27NO3S. The van der Waals surface area contributed by atoms with Gasteiger partial charge in [0, 0.05) is 29.7 Å². The second-order valence-corrected chi connectivity index (χ2v) is 10.0. The van der Waals surface area contributed by atoms with Crippen LogP contribution in [0.4, 0.5) is 0 Å². The Hall–Kier alpha value is -3.05. The average molecular weight is 458 g/mol. The second kappa shape index (κ2) is 7.77. The highest BCUT2D eigenvalue weighted by Crippen LogP contribution is 2.61. The third-order valence-corrected chi connectivity index (χ3v) is 8.16. The van der Waals surface area contributed by atoms with E-state index in [1.165, 1.54) is 11.1 Å². The van der Waals surface area contributed by atoms with E-state index >= 15 is 0 Å². The predicted molar refractivity (Wildman–Crippen MR) is 132 cm³/mol. The molecule has 0 radical (unpaired) electrons. The largest absolute Gasteiger partial charge is 0.504 e. The highest BCUT2D eigenvalue weighted by Gasteiger charge is 2.61. The zero-order valence-electron chi connectivity index (χ0n) is 18.3. The summed E-state index contributed by atoms with van der Waals surface area (Å²) < 4.78 is 6.80. The first-order valence-corrected chi connectivity index (χ1v) is 12.1. The van der Waals surface area contributed by atoms with Crippen molar-refractivity contribution < 1.29 is 14.9 Å². The molecule has 33 heavy (non-hydrogen) atoms. The van der Waals surface area contributed by atoms with Crippen molar-refractivity contribution in [2.75, 3.05) is 0 Å². The quantitative estimate of drug-likeness (QED) is 0.333. The minimum atomic E-state index is -0.743. The zero-order chi connectivity index (χ0) is 22.6. The van der Waals surface area contributed by atoms with Crippen molar-refractivity contribution in [3.8, 4) is 17.2 Å². The highest BCUT2D eigenvalue weighted by molar-refractivity contribution is 7.80. The standard InChI is InChI=1S/C28H27NO3S/c30-23-15-14-19-25(18-10-5-2-6-11-18)22-13-7-12-21-20(17-8-3-1-4-9-17)16-24(33)29-28(21,22)32-27(19)26(23)31/h1-6,8-11,14-15,20-22,25,30-31H,7,12-13,16H2,(H,29,33). The summed E-state index contributed by atoms with van der Waals surface area (Å²) in [6.07, 6.45) is 3.91. The van der Waals surface area contributed by atoms with E-state index in [9.17, 15) is 10.2 Å². The van der Waals surface area contributed by atoms with E-state index in [-0.39, 0.29) is 35.2 Å². The summed E-state index contributed by atoms with van der Waals surface area (Å²) in [5.74, 6) is 0.595.